The number of nitrogens with zero attached hydrogens (tertiary/aromatic N) is 7. The second-order valence-corrected chi connectivity index (χ2v) is 2.34. The van der Waals surface area contributed by atoms with Crippen LogP contribution in [0.2, 0.25) is 0 Å². The van der Waals surface area contributed by atoms with Gasteiger partial charge in [-0.3, -0.25) is 4.90 Å². The lowest BCUT2D eigenvalue weighted by molar-refractivity contribution is 0.204. The molecule has 7 nitrogen and oxygen atoms in total. The average Bonchev–Trinajstić information content (AvgIpc) is 2.04. The van der Waals surface area contributed by atoms with E-state index in [1.807, 2.05) is 0 Å². The Morgan fingerprint density at radius 3 is 1.67 bits per heavy atom. The van der Waals surface area contributed by atoms with E-state index in [2.05, 4.69) is 20.1 Å². The summed E-state index contributed by atoms with van der Waals surface area (Å²) in [6, 6.07) is 0. The molecular formula is C5H11N7. The Morgan fingerprint density at radius 1 is 1.08 bits per heavy atom. The van der Waals surface area contributed by atoms with Gasteiger partial charge in [0.2, 0.25) is 0 Å². The maximum Gasteiger partial charge on any atom is 0.0859 e. The predicted octanol–water partition coefficient (Wildman–Crippen LogP) is 2.23. The van der Waals surface area contributed by atoms with Gasteiger partial charge in [-0.1, -0.05) is 10.2 Å². The van der Waals surface area contributed by atoms with Crippen LogP contribution < -0.4 is 0 Å². The molecule has 0 saturated heterocycles. The summed E-state index contributed by atoms with van der Waals surface area (Å²) in [6.45, 7) is 3.45. The molecule has 0 rings (SSSR count). The monoisotopic (exact) mass is 169 g/mol. The molecular weight excluding hydrogens is 158 g/mol. The van der Waals surface area contributed by atoms with Gasteiger partial charge in [0.25, 0.3) is 0 Å². The van der Waals surface area contributed by atoms with E-state index in [9.17, 15) is 0 Å². The van der Waals surface area contributed by atoms with Crippen molar-refractivity contribution in [2.24, 2.45) is 10.2 Å². The minimum atomic E-state index is -0.310. The summed E-state index contributed by atoms with van der Waals surface area (Å²) in [5, 5.41) is 6.90. The number of hydrogen-bond donors (Lipinski definition) is 0. The summed E-state index contributed by atoms with van der Waals surface area (Å²) in [7, 11) is 1.72. The second kappa shape index (κ2) is 5.26. The van der Waals surface area contributed by atoms with Gasteiger partial charge in [-0.15, -0.1) is 0 Å². The Labute approximate surface area is 70.2 Å². The molecule has 0 aromatic carbocycles. The minimum Gasteiger partial charge on any atom is -0.290 e. The Hall–Kier alpha value is -1.42. The Morgan fingerprint density at radius 2 is 1.42 bits per heavy atom. The molecule has 0 radical (unpaired) electrons. The first-order chi connectivity index (χ1) is 5.63. The molecule has 0 N–H and O–H groups in total. The summed E-state index contributed by atoms with van der Waals surface area (Å²) in [4.78, 5) is 6.96. The molecule has 0 aliphatic carbocycles. The van der Waals surface area contributed by atoms with Crippen LogP contribution in [0.15, 0.2) is 10.2 Å². The van der Waals surface area contributed by atoms with Crippen molar-refractivity contribution in [2.75, 3.05) is 7.05 Å². The van der Waals surface area contributed by atoms with Gasteiger partial charge in [0.15, 0.2) is 0 Å². The second-order valence-electron chi connectivity index (χ2n) is 2.34. The van der Waals surface area contributed by atoms with Crippen molar-refractivity contribution in [1.29, 1.82) is 0 Å². The van der Waals surface area contributed by atoms with Gasteiger partial charge in [0, 0.05) is 9.82 Å². The molecule has 66 valence electrons. The summed E-state index contributed by atoms with van der Waals surface area (Å²) < 4.78 is 0. The van der Waals surface area contributed by atoms with Crippen LogP contribution in [-0.2, 0) is 0 Å². The highest BCUT2D eigenvalue weighted by molar-refractivity contribution is 4.67. The highest BCUT2D eigenvalue weighted by atomic mass is 15.4. The molecule has 12 heavy (non-hydrogen) atoms. The number of rotatable bonds is 4. The average molecular weight is 169 g/mol. The summed E-state index contributed by atoms with van der Waals surface area (Å²) in [6.07, 6.45) is -0.619. The van der Waals surface area contributed by atoms with E-state index >= 15 is 0 Å². The molecule has 0 amide bonds. The maximum atomic E-state index is 8.13. The third-order valence-electron chi connectivity index (χ3n) is 1.62. The van der Waals surface area contributed by atoms with Crippen molar-refractivity contribution < 1.29 is 0 Å². The summed E-state index contributed by atoms with van der Waals surface area (Å²) in [5.41, 5.74) is 16.3. The first-order valence-corrected chi connectivity index (χ1v) is 3.43. The quantitative estimate of drug-likeness (QED) is 0.359. The highest BCUT2D eigenvalue weighted by Crippen LogP contribution is 2.04. The van der Waals surface area contributed by atoms with Crippen molar-refractivity contribution in [3.63, 3.8) is 0 Å². The number of azide groups is 2. The first-order valence-electron chi connectivity index (χ1n) is 3.43. The first kappa shape index (κ1) is 10.6. The fourth-order valence-corrected chi connectivity index (χ4v) is 0.625. The minimum absolute atomic E-state index is 0.310. The molecule has 2 atom stereocenters. The van der Waals surface area contributed by atoms with Gasteiger partial charge in [0.1, 0.15) is 0 Å². The normalized spacial score (nSPS) is 14.3. The molecule has 0 aliphatic rings. The maximum absolute atomic E-state index is 8.13. The van der Waals surface area contributed by atoms with Gasteiger partial charge in [-0.25, -0.2) is 0 Å². The van der Waals surface area contributed by atoms with Gasteiger partial charge >= 0.3 is 0 Å². The topological polar surface area (TPSA) is 101 Å². The van der Waals surface area contributed by atoms with E-state index in [-0.39, 0.29) is 12.3 Å². The third-order valence-corrected chi connectivity index (χ3v) is 1.62. The van der Waals surface area contributed by atoms with Crippen LogP contribution in [0, 0.1) is 0 Å². The zero-order chi connectivity index (χ0) is 9.56. The molecule has 0 heterocycles. The molecule has 0 aromatic heterocycles. The Balaban J connectivity index is 4.26. The fourth-order valence-electron chi connectivity index (χ4n) is 0.625. The molecule has 0 saturated carbocycles. The van der Waals surface area contributed by atoms with E-state index in [1.54, 1.807) is 25.8 Å². The predicted molar refractivity (Wildman–Crippen MR) is 45.0 cm³/mol. The Bertz CT molecular complexity index is 200. The Kier molecular flexibility index (Phi) is 4.64. The van der Waals surface area contributed by atoms with Crippen LogP contribution in [-0.4, -0.2) is 24.3 Å². The van der Waals surface area contributed by atoms with Gasteiger partial charge in [0.05, 0.1) is 12.3 Å². The SMILES string of the molecule is CC(N=[N+]=[N-])N(C)C(C)N=[N+]=[N-]. The summed E-state index contributed by atoms with van der Waals surface area (Å²) >= 11 is 0. The smallest absolute Gasteiger partial charge is 0.0859 e. The van der Waals surface area contributed by atoms with Crippen LogP contribution in [0.4, 0.5) is 0 Å². The standard InChI is InChI=1S/C5H11N7/c1-4(8-10-6)12(3)5(2)9-11-7/h4-5H,1-3H3. The van der Waals surface area contributed by atoms with Gasteiger partial charge in [-0.2, -0.15) is 0 Å². The molecule has 7 heteroatoms. The van der Waals surface area contributed by atoms with E-state index in [0.717, 1.165) is 0 Å². The van der Waals surface area contributed by atoms with Crippen LogP contribution in [0.3, 0.4) is 0 Å². The third kappa shape index (κ3) is 3.12. The zero-order valence-electron chi connectivity index (χ0n) is 7.29. The largest absolute Gasteiger partial charge is 0.290 e. The van der Waals surface area contributed by atoms with E-state index in [0.29, 0.717) is 0 Å². The molecule has 2 unspecified atom stereocenters. The van der Waals surface area contributed by atoms with Crippen molar-refractivity contribution in [2.45, 2.75) is 26.2 Å². The summed E-state index contributed by atoms with van der Waals surface area (Å²) in [5.74, 6) is 0. The molecule has 0 spiro atoms. The lowest BCUT2D eigenvalue weighted by Crippen LogP contribution is -2.33. The van der Waals surface area contributed by atoms with Crippen LogP contribution in [0.1, 0.15) is 13.8 Å². The molecule has 0 fully saturated rings. The fraction of sp³-hybridized carbons (Fsp3) is 1.00. The van der Waals surface area contributed by atoms with Crippen molar-refractivity contribution in [3.8, 4) is 0 Å². The van der Waals surface area contributed by atoms with Gasteiger partial charge < -0.3 is 0 Å². The lowest BCUT2D eigenvalue weighted by atomic mass is 10.4. The molecule has 0 aliphatic heterocycles. The van der Waals surface area contributed by atoms with Crippen LogP contribution in [0.25, 0.3) is 20.9 Å². The van der Waals surface area contributed by atoms with Crippen molar-refractivity contribution in [3.05, 3.63) is 20.9 Å². The number of hydrogen-bond acceptors (Lipinski definition) is 3. The van der Waals surface area contributed by atoms with E-state index in [1.165, 1.54) is 0 Å². The molecule has 0 bridgehead atoms. The lowest BCUT2D eigenvalue weighted by Gasteiger charge is -2.23. The van der Waals surface area contributed by atoms with Crippen molar-refractivity contribution in [1.82, 2.24) is 4.90 Å². The van der Waals surface area contributed by atoms with Crippen LogP contribution >= 0.6 is 0 Å². The van der Waals surface area contributed by atoms with E-state index in [4.69, 9.17) is 11.1 Å². The zero-order valence-corrected chi connectivity index (χ0v) is 7.29. The van der Waals surface area contributed by atoms with Gasteiger partial charge in [-0.05, 0) is 32.0 Å². The van der Waals surface area contributed by atoms with Crippen LogP contribution in [0.5, 0.6) is 0 Å². The van der Waals surface area contributed by atoms with E-state index < -0.39 is 0 Å². The highest BCUT2D eigenvalue weighted by Gasteiger charge is 2.11. The molecule has 0 aromatic rings. The van der Waals surface area contributed by atoms with Crippen molar-refractivity contribution >= 4 is 0 Å².